The molecule has 0 saturated heterocycles. The lowest BCUT2D eigenvalue weighted by Gasteiger charge is -2.02. The summed E-state index contributed by atoms with van der Waals surface area (Å²) in [6.45, 7) is 1.75. The van der Waals surface area contributed by atoms with E-state index in [2.05, 4.69) is 24.9 Å². The molecule has 0 aliphatic heterocycles. The molecule has 0 aliphatic carbocycles. The van der Waals surface area contributed by atoms with Crippen molar-refractivity contribution in [3.05, 3.63) is 22.3 Å². The van der Waals surface area contributed by atoms with Crippen LogP contribution in [0.1, 0.15) is 5.69 Å². The molecule has 0 radical (unpaired) electrons. The smallest absolute Gasteiger partial charge is 0.243 e. The average Bonchev–Trinajstić information content (AvgIpc) is 2.60. The molecule has 0 saturated carbocycles. The van der Waals surface area contributed by atoms with Gasteiger partial charge in [0.2, 0.25) is 10.0 Å². The van der Waals surface area contributed by atoms with Crippen molar-refractivity contribution in [2.75, 3.05) is 13.1 Å². The molecule has 1 rings (SSSR count). The van der Waals surface area contributed by atoms with Crippen molar-refractivity contribution in [2.45, 2.75) is 11.8 Å². The van der Waals surface area contributed by atoms with Crippen molar-refractivity contribution in [3.63, 3.8) is 0 Å². The Morgan fingerprint density at radius 1 is 1.73 bits per heavy atom. The first-order valence-corrected chi connectivity index (χ1v) is 5.57. The summed E-state index contributed by atoms with van der Waals surface area (Å²) >= 11 is 0. The van der Waals surface area contributed by atoms with Crippen molar-refractivity contribution in [3.8, 4) is 0 Å². The van der Waals surface area contributed by atoms with Gasteiger partial charge in [0.1, 0.15) is 4.90 Å². The van der Waals surface area contributed by atoms with Crippen LogP contribution in [0.3, 0.4) is 0 Å². The maximum Gasteiger partial charge on any atom is 0.243 e. The fraction of sp³-hybridized carbons (Fsp3) is 0.500. The second kappa shape index (κ2) is 4.78. The number of sulfonamides is 1. The second-order valence-corrected chi connectivity index (χ2v) is 4.45. The predicted molar refractivity (Wildman–Crippen MR) is 52.5 cm³/mol. The van der Waals surface area contributed by atoms with E-state index in [4.69, 9.17) is 5.53 Å². The third-order valence-electron chi connectivity index (χ3n) is 1.64. The minimum atomic E-state index is -3.56. The molecular weight excluding hydrogens is 220 g/mol. The highest BCUT2D eigenvalue weighted by Gasteiger charge is 2.17. The Morgan fingerprint density at radius 3 is 3.00 bits per heavy atom. The topological polar surface area (TPSA) is 124 Å². The van der Waals surface area contributed by atoms with Gasteiger partial charge in [-0.05, 0) is 12.5 Å². The lowest BCUT2D eigenvalue weighted by atomic mass is 10.5. The van der Waals surface area contributed by atoms with E-state index >= 15 is 0 Å². The van der Waals surface area contributed by atoms with Crippen molar-refractivity contribution in [1.82, 2.24) is 14.9 Å². The van der Waals surface area contributed by atoms with Gasteiger partial charge in [-0.1, -0.05) is 5.11 Å². The molecule has 0 bridgehead atoms. The number of H-pyrrole nitrogens is 1. The summed E-state index contributed by atoms with van der Waals surface area (Å²) in [5.74, 6) is 0. The third kappa shape index (κ3) is 2.94. The lowest BCUT2D eigenvalue weighted by molar-refractivity contribution is 0.581. The van der Waals surface area contributed by atoms with Crippen LogP contribution in [-0.4, -0.2) is 31.7 Å². The summed E-state index contributed by atoms with van der Waals surface area (Å²) in [5, 5.41) is 9.34. The van der Waals surface area contributed by atoms with Gasteiger partial charge in [0.25, 0.3) is 0 Å². The first-order chi connectivity index (χ1) is 7.08. The van der Waals surface area contributed by atoms with Crippen molar-refractivity contribution in [1.29, 1.82) is 0 Å². The van der Waals surface area contributed by atoms with E-state index in [1.54, 1.807) is 6.92 Å². The molecule has 2 N–H and O–H groups in total. The highest BCUT2D eigenvalue weighted by atomic mass is 32.2. The molecule has 0 aliphatic rings. The Bertz CT molecular complexity index is 472. The van der Waals surface area contributed by atoms with Crippen LogP contribution >= 0.6 is 0 Å². The molecule has 1 aromatic rings. The van der Waals surface area contributed by atoms with Crippen LogP contribution in [0.15, 0.2) is 16.2 Å². The number of hydrogen-bond acceptors (Lipinski definition) is 4. The van der Waals surface area contributed by atoms with E-state index in [0.29, 0.717) is 5.69 Å². The quantitative estimate of drug-likeness (QED) is 0.327. The molecule has 0 atom stereocenters. The van der Waals surface area contributed by atoms with E-state index in [0.717, 1.165) is 0 Å². The van der Waals surface area contributed by atoms with Crippen molar-refractivity contribution in [2.24, 2.45) is 5.11 Å². The highest BCUT2D eigenvalue weighted by molar-refractivity contribution is 7.89. The first-order valence-electron chi connectivity index (χ1n) is 4.08. The van der Waals surface area contributed by atoms with E-state index in [1.807, 2.05) is 0 Å². The van der Waals surface area contributed by atoms with Gasteiger partial charge < -0.3 is 0 Å². The van der Waals surface area contributed by atoms with Gasteiger partial charge in [-0.15, -0.1) is 0 Å². The van der Waals surface area contributed by atoms with Gasteiger partial charge >= 0.3 is 0 Å². The summed E-state index contributed by atoms with van der Waals surface area (Å²) < 4.78 is 25.4. The summed E-state index contributed by atoms with van der Waals surface area (Å²) in [6.07, 6.45) is 1.23. The molecule has 0 aromatic carbocycles. The standard InChI is InChI=1S/C6H10N6O2S/c1-5-6(4-9-11-5)15(13,14)10-3-2-8-12-7/h4,10H,2-3H2,1H3,(H,9,11). The summed E-state index contributed by atoms with van der Waals surface area (Å²) in [4.78, 5) is 2.61. The number of aromatic amines is 1. The molecule has 0 fully saturated rings. The SMILES string of the molecule is Cc1[nH]ncc1S(=O)(=O)NCCN=[N+]=[N-]. The van der Waals surface area contributed by atoms with Crippen LogP contribution in [0, 0.1) is 6.92 Å². The van der Waals surface area contributed by atoms with Gasteiger partial charge in [-0.25, -0.2) is 13.1 Å². The molecule has 0 unspecified atom stereocenters. The molecule has 15 heavy (non-hydrogen) atoms. The maximum absolute atomic E-state index is 11.6. The minimum Gasteiger partial charge on any atom is -0.281 e. The van der Waals surface area contributed by atoms with Crippen molar-refractivity contribution >= 4 is 10.0 Å². The molecule has 1 aromatic heterocycles. The van der Waals surface area contributed by atoms with Gasteiger partial charge in [0, 0.05) is 18.0 Å². The lowest BCUT2D eigenvalue weighted by Crippen LogP contribution is -2.26. The number of aryl methyl sites for hydroxylation is 1. The first kappa shape index (κ1) is 11.5. The number of rotatable bonds is 5. The highest BCUT2D eigenvalue weighted by Crippen LogP contribution is 2.09. The third-order valence-corrected chi connectivity index (χ3v) is 3.22. The molecule has 8 nitrogen and oxygen atoms in total. The van der Waals surface area contributed by atoms with Crippen LogP contribution in [0.25, 0.3) is 10.4 Å². The number of nitrogens with zero attached hydrogens (tertiary/aromatic N) is 4. The second-order valence-electron chi connectivity index (χ2n) is 2.71. The minimum absolute atomic E-state index is 0.0665. The number of aromatic nitrogens is 2. The zero-order chi connectivity index (χ0) is 11.3. The predicted octanol–water partition coefficient (Wildman–Crippen LogP) is 0.307. The summed E-state index contributed by atoms with van der Waals surface area (Å²) in [6, 6.07) is 0. The van der Waals surface area contributed by atoms with Crippen LogP contribution in [0.2, 0.25) is 0 Å². The van der Waals surface area contributed by atoms with E-state index < -0.39 is 10.0 Å². The molecule has 82 valence electrons. The van der Waals surface area contributed by atoms with Crippen LogP contribution in [0.5, 0.6) is 0 Å². The Balaban J connectivity index is 2.68. The zero-order valence-corrected chi connectivity index (χ0v) is 8.82. The van der Waals surface area contributed by atoms with Crippen LogP contribution in [-0.2, 0) is 10.0 Å². The molecule has 9 heteroatoms. The van der Waals surface area contributed by atoms with Gasteiger partial charge in [0.15, 0.2) is 0 Å². The average molecular weight is 230 g/mol. The van der Waals surface area contributed by atoms with Crippen molar-refractivity contribution < 1.29 is 8.42 Å². The molecule has 1 heterocycles. The fourth-order valence-corrected chi connectivity index (χ4v) is 2.12. The Morgan fingerprint density at radius 2 is 2.47 bits per heavy atom. The van der Waals surface area contributed by atoms with E-state index in [9.17, 15) is 8.42 Å². The Labute approximate surface area is 86.4 Å². The van der Waals surface area contributed by atoms with Crippen LogP contribution in [0.4, 0.5) is 0 Å². The van der Waals surface area contributed by atoms with Crippen LogP contribution < -0.4 is 4.72 Å². The molecule has 0 amide bonds. The number of nitrogens with one attached hydrogen (secondary N) is 2. The molecule has 0 spiro atoms. The van der Waals surface area contributed by atoms with Gasteiger partial charge in [-0.2, -0.15) is 5.10 Å². The zero-order valence-electron chi connectivity index (χ0n) is 8.01. The van der Waals surface area contributed by atoms with E-state index in [1.165, 1.54) is 6.20 Å². The number of azide groups is 1. The molecular formula is C6H10N6O2S. The fourth-order valence-electron chi connectivity index (χ4n) is 0.963. The largest absolute Gasteiger partial charge is 0.281 e. The normalized spacial score (nSPS) is 11.0. The summed E-state index contributed by atoms with van der Waals surface area (Å²) in [5.41, 5.74) is 8.45. The van der Waals surface area contributed by atoms with E-state index in [-0.39, 0.29) is 18.0 Å². The van der Waals surface area contributed by atoms with Gasteiger partial charge in [-0.3, -0.25) is 5.10 Å². The Hall–Kier alpha value is -1.57. The monoisotopic (exact) mass is 230 g/mol. The number of hydrogen-bond donors (Lipinski definition) is 2. The summed E-state index contributed by atoms with van der Waals surface area (Å²) in [7, 11) is -3.56. The van der Waals surface area contributed by atoms with Gasteiger partial charge in [0.05, 0.1) is 11.9 Å². The maximum atomic E-state index is 11.6. The Kier molecular flexibility index (Phi) is 3.67.